The molecule has 2 aromatic heterocycles. The Hall–Kier alpha value is -1.92. The molecule has 0 fully saturated rings. The summed E-state index contributed by atoms with van der Waals surface area (Å²) >= 11 is 4.75. The second-order valence-electron chi connectivity index (χ2n) is 4.22. The fourth-order valence-corrected chi connectivity index (χ4v) is 3.42. The minimum Gasteiger partial charge on any atom is -0.478 e. The number of pyridine rings is 2. The maximum Gasteiger partial charge on any atom is 0.338 e. The molecule has 0 saturated heterocycles. The number of rotatable bonds is 3. The van der Waals surface area contributed by atoms with Crippen LogP contribution in [0.4, 0.5) is 0 Å². The molecule has 3 aromatic rings. The van der Waals surface area contributed by atoms with Gasteiger partial charge in [0.15, 0.2) is 0 Å². The van der Waals surface area contributed by atoms with Gasteiger partial charge in [0, 0.05) is 22.7 Å². The van der Waals surface area contributed by atoms with Crippen LogP contribution in [0.2, 0.25) is 0 Å². The molecule has 0 saturated carbocycles. The summed E-state index contributed by atoms with van der Waals surface area (Å²) in [6, 6.07) is 11.2. The summed E-state index contributed by atoms with van der Waals surface area (Å²) in [6.45, 7) is 0. The molecule has 0 aliphatic carbocycles. The highest BCUT2D eigenvalue weighted by atomic mass is 79.9. The van der Waals surface area contributed by atoms with Crippen molar-refractivity contribution in [3.05, 3.63) is 58.8 Å². The monoisotopic (exact) mass is 360 g/mol. The number of hydrogen-bond acceptors (Lipinski definition) is 4. The van der Waals surface area contributed by atoms with E-state index in [2.05, 4.69) is 25.9 Å². The van der Waals surface area contributed by atoms with Crippen molar-refractivity contribution in [3.63, 3.8) is 0 Å². The Kier molecular flexibility index (Phi) is 3.90. The van der Waals surface area contributed by atoms with E-state index < -0.39 is 5.97 Å². The number of fused-ring (bicyclic) bond motifs is 1. The number of aromatic carboxylic acids is 1. The molecule has 0 radical (unpaired) electrons. The van der Waals surface area contributed by atoms with Crippen molar-refractivity contribution >= 4 is 44.6 Å². The zero-order valence-corrected chi connectivity index (χ0v) is 13.1. The van der Waals surface area contributed by atoms with Crippen molar-refractivity contribution in [1.82, 2.24) is 9.97 Å². The summed E-state index contributed by atoms with van der Waals surface area (Å²) in [7, 11) is 0. The molecule has 0 unspecified atom stereocenters. The Morgan fingerprint density at radius 1 is 1.14 bits per heavy atom. The van der Waals surface area contributed by atoms with E-state index in [-0.39, 0.29) is 5.56 Å². The van der Waals surface area contributed by atoms with Crippen molar-refractivity contribution in [2.24, 2.45) is 0 Å². The van der Waals surface area contributed by atoms with Gasteiger partial charge in [0.05, 0.1) is 15.6 Å². The van der Waals surface area contributed by atoms with Crippen LogP contribution in [0.3, 0.4) is 0 Å². The lowest BCUT2D eigenvalue weighted by Crippen LogP contribution is -2.01. The van der Waals surface area contributed by atoms with E-state index in [0.29, 0.717) is 4.90 Å². The molecule has 0 spiro atoms. The number of halogens is 1. The van der Waals surface area contributed by atoms with Crippen molar-refractivity contribution in [2.45, 2.75) is 9.92 Å². The number of para-hydroxylation sites is 1. The molecule has 4 nitrogen and oxygen atoms in total. The van der Waals surface area contributed by atoms with E-state index in [0.717, 1.165) is 20.4 Å². The third-order valence-electron chi connectivity index (χ3n) is 2.88. The molecule has 0 bridgehead atoms. The van der Waals surface area contributed by atoms with Crippen molar-refractivity contribution in [2.75, 3.05) is 0 Å². The molecule has 1 N–H and O–H groups in total. The highest BCUT2D eigenvalue weighted by molar-refractivity contribution is 9.10. The van der Waals surface area contributed by atoms with Gasteiger partial charge in [-0.05, 0) is 34.1 Å². The van der Waals surface area contributed by atoms with Gasteiger partial charge in [-0.15, -0.1) is 0 Å². The lowest BCUT2D eigenvalue weighted by atomic mass is 10.1. The van der Waals surface area contributed by atoms with Crippen LogP contribution in [-0.2, 0) is 0 Å². The first-order chi connectivity index (χ1) is 10.2. The number of carbonyl (C=O) groups is 1. The lowest BCUT2D eigenvalue weighted by Gasteiger charge is -2.09. The molecule has 104 valence electrons. The maximum atomic E-state index is 11.5. The van der Waals surface area contributed by atoms with Crippen LogP contribution in [0.5, 0.6) is 0 Å². The Balaban J connectivity index is 2.21. The predicted molar refractivity (Wildman–Crippen MR) is 84.8 cm³/mol. The molecule has 3 rings (SSSR count). The number of hydrogen-bond donors (Lipinski definition) is 1. The van der Waals surface area contributed by atoms with Gasteiger partial charge in [-0.25, -0.2) is 9.78 Å². The Bertz CT molecular complexity index is 839. The normalized spacial score (nSPS) is 10.7. The van der Waals surface area contributed by atoms with Crippen molar-refractivity contribution in [3.8, 4) is 0 Å². The number of nitrogens with zero attached hydrogens (tertiary/aromatic N) is 2. The average molecular weight is 361 g/mol. The molecular formula is C15H9BrN2O2S. The largest absolute Gasteiger partial charge is 0.478 e. The second kappa shape index (κ2) is 5.83. The molecular weight excluding hydrogens is 352 g/mol. The summed E-state index contributed by atoms with van der Waals surface area (Å²) in [5.74, 6) is -0.997. The molecule has 21 heavy (non-hydrogen) atoms. The van der Waals surface area contributed by atoms with E-state index in [1.807, 2.05) is 36.4 Å². The Labute approximate surface area is 133 Å². The van der Waals surface area contributed by atoms with E-state index in [1.165, 1.54) is 18.0 Å². The molecule has 6 heteroatoms. The number of aromatic nitrogens is 2. The first-order valence-corrected chi connectivity index (χ1v) is 7.67. The second-order valence-corrected chi connectivity index (χ2v) is 6.07. The minimum absolute atomic E-state index is 0.177. The van der Waals surface area contributed by atoms with Gasteiger partial charge in [-0.1, -0.05) is 30.0 Å². The Morgan fingerprint density at radius 2 is 1.95 bits per heavy atom. The van der Waals surface area contributed by atoms with Crippen LogP contribution in [0.1, 0.15) is 10.4 Å². The van der Waals surface area contributed by atoms with Crippen molar-refractivity contribution in [1.29, 1.82) is 0 Å². The molecule has 0 aliphatic heterocycles. The van der Waals surface area contributed by atoms with Gasteiger partial charge in [0.1, 0.15) is 5.03 Å². The number of benzene rings is 1. The third kappa shape index (κ3) is 2.77. The predicted octanol–water partition coefficient (Wildman–Crippen LogP) is 4.24. The molecule has 0 amide bonds. The lowest BCUT2D eigenvalue weighted by molar-refractivity contribution is 0.0693. The molecule has 2 heterocycles. The standard InChI is InChI=1S/C15H9BrN2O2S/c16-11-5-3-7-17-14(11)21-13-9-4-1-2-6-12(9)18-8-10(13)15(19)20/h1-8H,(H,19,20). The van der Waals surface area contributed by atoms with Crippen LogP contribution in [0.25, 0.3) is 10.9 Å². The SMILES string of the molecule is O=C(O)c1cnc2ccccc2c1Sc1ncccc1Br. The van der Waals surface area contributed by atoms with Crippen LogP contribution in [0.15, 0.2) is 63.2 Å². The summed E-state index contributed by atoms with van der Waals surface area (Å²) < 4.78 is 0.826. The number of carboxylic acid groups (broad SMARTS) is 1. The van der Waals surface area contributed by atoms with E-state index >= 15 is 0 Å². The highest BCUT2D eigenvalue weighted by Crippen LogP contribution is 2.37. The smallest absolute Gasteiger partial charge is 0.338 e. The van der Waals surface area contributed by atoms with E-state index in [1.54, 1.807) is 6.20 Å². The van der Waals surface area contributed by atoms with E-state index in [9.17, 15) is 9.90 Å². The summed E-state index contributed by atoms with van der Waals surface area (Å²) in [4.78, 5) is 20.6. The first-order valence-electron chi connectivity index (χ1n) is 6.06. The van der Waals surface area contributed by atoms with Gasteiger partial charge in [-0.3, -0.25) is 4.98 Å². The van der Waals surface area contributed by atoms with Crippen LogP contribution >= 0.6 is 27.7 Å². The zero-order chi connectivity index (χ0) is 14.8. The summed E-state index contributed by atoms with van der Waals surface area (Å²) in [5.41, 5.74) is 0.938. The quantitative estimate of drug-likeness (QED) is 0.756. The fourth-order valence-electron chi connectivity index (χ4n) is 1.92. The van der Waals surface area contributed by atoms with Gasteiger partial charge in [0.2, 0.25) is 0 Å². The topological polar surface area (TPSA) is 63.1 Å². The van der Waals surface area contributed by atoms with Crippen molar-refractivity contribution < 1.29 is 9.90 Å². The van der Waals surface area contributed by atoms with Gasteiger partial charge < -0.3 is 5.11 Å². The zero-order valence-electron chi connectivity index (χ0n) is 10.7. The van der Waals surface area contributed by atoms with Gasteiger partial charge >= 0.3 is 5.97 Å². The van der Waals surface area contributed by atoms with Crippen LogP contribution in [-0.4, -0.2) is 21.0 Å². The summed E-state index contributed by atoms with van der Waals surface area (Å²) in [5, 5.41) is 10.9. The highest BCUT2D eigenvalue weighted by Gasteiger charge is 2.17. The summed E-state index contributed by atoms with van der Waals surface area (Å²) in [6.07, 6.45) is 3.07. The molecule has 1 aromatic carbocycles. The molecule has 0 aliphatic rings. The third-order valence-corrected chi connectivity index (χ3v) is 4.94. The van der Waals surface area contributed by atoms with E-state index in [4.69, 9.17) is 0 Å². The molecule has 0 atom stereocenters. The van der Waals surface area contributed by atoms with Crippen LogP contribution in [0, 0.1) is 0 Å². The maximum absolute atomic E-state index is 11.5. The van der Waals surface area contributed by atoms with Crippen LogP contribution < -0.4 is 0 Å². The van der Waals surface area contributed by atoms with Gasteiger partial charge in [-0.2, -0.15) is 0 Å². The first kappa shape index (κ1) is 14.0. The average Bonchev–Trinajstić information content (AvgIpc) is 2.49. The Morgan fingerprint density at radius 3 is 2.71 bits per heavy atom. The number of carboxylic acids is 1. The van der Waals surface area contributed by atoms with Gasteiger partial charge in [0.25, 0.3) is 0 Å². The fraction of sp³-hybridized carbons (Fsp3) is 0. The minimum atomic E-state index is -0.997.